The number of nitrogens with zero attached hydrogens (tertiary/aromatic N) is 6. The summed E-state index contributed by atoms with van der Waals surface area (Å²) in [6.45, 7) is 4.74. The molecule has 40 heavy (non-hydrogen) atoms. The van der Waals surface area contributed by atoms with Gasteiger partial charge in [-0.1, -0.05) is 18.2 Å². The van der Waals surface area contributed by atoms with Crippen LogP contribution in [-0.4, -0.2) is 98.3 Å². The molecule has 1 aromatic heterocycles. The molecule has 13 heteroatoms. The van der Waals surface area contributed by atoms with Crippen molar-refractivity contribution < 1.29 is 23.7 Å². The Balaban J connectivity index is 1.25. The van der Waals surface area contributed by atoms with Gasteiger partial charge in [-0.25, -0.2) is 5.43 Å². The number of benzene rings is 2. The fourth-order valence-electron chi connectivity index (χ4n) is 4.12. The molecule has 210 valence electrons. The lowest BCUT2D eigenvalue weighted by atomic mass is 10.2. The van der Waals surface area contributed by atoms with Crippen molar-refractivity contribution in [3.63, 3.8) is 0 Å². The second kappa shape index (κ2) is 13.5. The van der Waals surface area contributed by atoms with Crippen molar-refractivity contribution in [1.29, 1.82) is 0 Å². The van der Waals surface area contributed by atoms with E-state index in [4.69, 9.17) is 18.9 Å². The molecule has 0 saturated carbocycles. The van der Waals surface area contributed by atoms with Crippen molar-refractivity contribution in [1.82, 2.24) is 19.9 Å². The predicted octanol–water partition coefficient (Wildman–Crippen LogP) is 2.14. The molecule has 2 N–H and O–H groups in total. The van der Waals surface area contributed by atoms with Crippen molar-refractivity contribution in [3.05, 3.63) is 54.1 Å². The van der Waals surface area contributed by atoms with Gasteiger partial charge < -0.3 is 34.1 Å². The standard InChI is InChI=1S/C27H32N8O5/c1-37-23-17-20(7-8-22(23)40-19-24(36)34-9-13-38-14-10-34)18-28-33-26-30-25(29-21-5-3-2-4-6-21)31-27(32-26)35-11-15-39-16-12-35/h2-8,17-18H,9-16,19H2,1H3,(H2,29,30,31,32,33)/b28-18+. The molecule has 13 nitrogen and oxygen atoms in total. The third-order valence-electron chi connectivity index (χ3n) is 6.23. The largest absolute Gasteiger partial charge is 0.493 e. The average Bonchev–Trinajstić information content (AvgIpc) is 3.01. The fourth-order valence-corrected chi connectivity index (χ4v) is 4.12. The van der Waals surface area contributed by atoms with E-state index in [1.165, 1.54) is 0 Å². The maximum Gasteiger partial charge on any atom is 0.260 e. The topological polar surface area (TPSA) is 136 Å². The van der Waals surface area contributed by atoms with Gasteiger partial charge in [0, 0.05) is 31.9 Å². The summed E-state index contributed by atoms with van der Waals surface area (Å²) in [5.41, 5.74) is 4.51. The highest BCUT2D eigenvalue weighted by molar-refractivity contribution is 5.81. The number of hydrazone groups is 1. The molecule has 5 rings (SSSR count). The smallest absolute Gasteiger partial charge is 0.260 e. The van der Waals surface area contributed by atoms with Crippen LogP contribution in [-0.2, 0) is 14.3 Å². The summed E-state index contributed by atoms with van der Waals surface area (Å²) in [5, 5.41) is 7.54. The van der Waals surface area contributed by atoms with Crippen LogP contribution < -0.4 is 25.1 Å². The van der Waals surface area contributed by atoms with E-state index in [1.807, 2.05) is 41.3 Å². The number of amides is 1. The Labute approximate surface area is 232 Å². The lowest BCUT2D eigenvalue weighted by Crippen LogP contribution is -2.43. The zero-order valence-electron chi connectivity index (χ0n) is 22.3. The van der Waals surface area contributed by atoms with Crippen LogP contribution in [0.25, 0.3) is 0 Å². The lowest BCUT2D eigenvalue weighted by molar-refractivity contribution is -0.137. The molecule has 0 radical (unpaired) electrons. The highest BCUT2D eigenvalue weighted by Gasteiger charge is 2.19. The summed E-state index contributed by atoms with van der Waals surface area (Å²) in [5.74, 6) is 2.09. The van der Waals surface area contributed by atoms with Crippen LogP contribution in [0.5, 0.6) is 11.5 Å². The molecule has 3 heterocycles. The van der Waals surface area contributed by atoms with Gasteiger partial charge in [0.2, 0.25) is 17.8 Å². The van der Waals surface area contributed by atoms with Gasteiger partial charge in [0.25, 0.3) is 5.91 Å². The molecule has 2 saturated heterocycles. The Morgan fingerprint density at radius 3 is 2.42 bits per heavy atom. The summed E-state index contributed by atoms with van der Waals surface area (Å²) >= 11 is 0. The number of hydrogen-bond donors (Lipinski definition) is 2. The number of carbonyl (C=O) groups is 1. The summed E-state index contributed by atoms with van der Waals surface area (Å²) < 4.78 is 22.0. The van der Waals surface area contributed by atoms with Crippen molar-refractivity contribution in [2.24, 2.45) is 5.10 Å². The van der Waals surface area contributed by atoms with E-state index in [9.17, 15) is 4.79 Å². The van der Waals surface area contributed by atoms with E-state index in [2.05, 4.69) is 30.8 Å². The maximum absolute atomic E-state index is 12.4. The molecule has 0 unspecified atom stereocenters. The molecule has 0 bridgehead atoms. The van der Waals surface area contributed by atoms with E-state index in [-0.39, 0.29) is 12.5 Å². The molecular weight excluding hydrogens is 516 g/mol. The zero-order chi connectivity index (χ0) is 27.6. The van der Waals surface area contributed by atoms with Crippen LogP contribution in [0, 0.1) is 0 Å². The maximum atomic E-state index is 12.4. The number of aromatic nitrogens is 3. The molecule has 2 aliphatic heterocycles. The zero-order valence-corrected chi connectivity index (χ0v) is 22.3. The fraction of sp³-hybridized carbons (Fsp3) is 0.370. The van der Waals surface area contributed by atoms with E-state index >= 15 is 0 Å². The van der Waals surface area contributed by atoms with Crippen molar-refractivity contribution in [2.45, 2.75) is 0 Å². The monoisotopic (exact) mass is 548 g/mol. The molecule has 0 spiro atoms. The molecule has 0 atom stereocenters. The highest BCUT2D eigenvalue weighted by Crippen LogP contribution is 2.28. The van der Waals surface area contributed by atoms with Gasteiger partial charge in [-0.05, 0) is 35.9 Å². The normalized spacial score (nSPS) is 15.6. The first-order valence-corrected chi connectivity index (χ1v) is 13.0. The number of para-hydroxylation sites is 1. The number of morpholine rings is 2. The minimum atomic E-state index is -0.0879. The number of hydrogen-bond acceptors (Lipinski definition) is 12. The molecular formula is C27H32N8O5. The van der Waals surface area contributed by atoms with Crippen LogP contribution >= 0.6 is 0 Å². The number of ether oxygens (including phenoxy) is 4. The van der Waals surface area contributed by atoms with Crippen LogP contribution in [0.4, 0.5) is 23.5 Å². The van der Waals surface area contributed by atoms with E-state index < -0.39 is 0 Å². The SMILES string of the molecule is COc1cc(/C=N/Nc2nc(Nc3ccccc3)nc(N3CCOCC3)n2)ccc1OCC(=O)N1CCOCC1. The van der Waals surface area contributed by atoms with Crippen molar-refractivity contribution in [2.75, 3.05) is 82.0 Å². The molecule has 3 aromatic rings. The Bertz CT molecular complexity index is 1300. The van der Waals surface area contributed by atoms with Gasteiger partial charge in [-0.15, -0.1) is 0 Å². The summed E-state index contributed by atoms with van der Waals surface area (Å²) in [4.78, 5) is 29.8. The number of methoxy groups -OCH3 is 1. The predicted molar refractivity (Wildman–Crippen MR) is 150 cm³/mol. The second-order valence-corrected chi connectivity index (χ2v) is 8.94. The van der Waals surface area contributed by atoms with Crippen molar-refractivity contribution >= 4 is 35.7 Å². The van der Waals surface area contributed by atoms with E-state index in [0.29, 0.717) is 82.0 Å². The molecule has 0 aliphatic carbocycles. The minimum absolute atomic E-state index is 0.0738. The van der Waals surface area contributed by atoms with Gasteiger partial charge in [-0.3, -0.25) is 4.79 Å². The van der Waals surface area contributed by atoms with Gasteiger partial charge in [0.1, 0.15) is 0 Å². The van der Waals surface area contributed by atoms with Gasteiger partial charge in [0.05, 0.1) is 39.8 Å². The Morgan fingerprint density at radius 2 is 1.68 bits per heavy atom. The summed E-state index contributed by atoms with van der Waals surface area (Å²) in [7, 11) is 1.55. The third-order valence-corrected chi connectivity index (χ3v) is 6.23. The van der Waals surface area contributed by atoms with Gasteiger partial charge in [0.15, 0.2) is 18.1 Å². The molecule has 2 aromatic carbocycles. The first-order valence-electron chi connectivity index (χ1n) is 13.0. The quantitative estimate of drug-likeness (QED) is 0.285. The minimum Gasteiger partial charge on any atom is -0.493 e. The van der Waals surface area contributed by atoms with Crippen LogP contribution in [0.15, 0.2) is 53.6 Å². The number of anilines is 4. The number of nitrogens with one attached hydrogen (secondary N) is 2. The summed E-state index contributed by atoms with van der Waals surface area (Å²) in [6, 6.07) is 15.0. The Kier molecular flexibility index (Phi) is 9.17. The third kappa shape index (κ3) is 7.33. The Morgan fingerprint density at radius 1 is 0.950 bits per heavy atom. The van der Waals surface area contributed by atoms with Gasteiger partial charge in [-0.2, -0.15) is 20.1 Å². The molecule has 2 fully saturated rings. The van der Waals surface area contributed by atoms with E-state index in [1.54, 1.807) is 30.4 Å². The second-order valence-electron chi connectivity index (χ2n) is 8.94. The average molecular weight is 549 g/mol. The van der Waals surface area contributed by atoms with Crippen LogP contribution in [0.3, 0.4) is 0 Å². The van der Waals surface area contributed by atoms with Crippen LogP contribution in [0.2, 0.25) is 0 Å². The number of rotatable bonds is 10. The summed E-state index contributed by atoms with van der Waals surface area (Å²) in [6.07, 6.45) is 1.62. The Hall–Kier alpha value is -4.49. The first-order chi connectivity index (χ1) is 19.7. The highest BCUT2D eigenvalue weighted by atomic mass is 16.5. The molecule has 2 aliphatic rings. The molecule has 1 amide bonds. The van der Waals surface area contributed by atoms with E-state index in [0.717, 1.165) is 11.3 Å². The number of carbonyl (C=O) groups excluding carboxylic acids is 1. The lowest BCUT2D eigenvalue weighted by Gasteiger charge is -2.27. The van der Waals surface area contributed by atoms with Crippen LogP contribution in [0.1, 0.15) is 5.56 Å². The van der Waals surface area contributed by atoms with Crippen molar-refractivity contribution in [3.8, 4) is 11.5 Å². The van der Waals surface area contributed by atoms with Gasteiger partial charge >= 0.3 is 0 Å². The first kappa shape index (κ1) is 27.1.